The van der Waals surface area contributed by atoms with Crippen molar-refractivity contribution in [2.75, 3.05) is 11.9 Å². The van der Waals surface area contributed by atoms with Crippen LogP contribution >= 0.6 is 0 Å². The van der Waals surface area contributed by atoms with E-state index < -0.39 is 4.92 Å². The van der Waals surface area contributed by atoms with Crippen molar-refractivity contribution >= 4 is 11.5 Å². The molecule has 114 valence electrons. The molecule has 21 heavy (non-hydrogen) atoms. The van der Waals surface area contributed by atoms with E-state index in [0.717, 1.165) is 18.8 Å². The lowest BCUT2D eigenvalue weighted by Gasteiger charge is -2.07. The Kier molecular flexibility index (Phi) is 7.16. The van der Waals surface area contributed by atoms with E-state index in [0.29, 0.717) is 6.54 Å². The number of nitrogens with one attached hydrogen (secondary N) is 1. The van der Waals surface area contributed by atoms with Gasteiger partial charge in [0.05, 0.1) is 4.92 Å². The molecule has 0 bridgehead atoms. The fraction of sp³-hybridized carbons (Fsp3) is 0.600. The van der Waals surface area contributed by atoms with Crippen LogP contribution in [0.3, 0.4) is 0 Å². The van der Waals surface area contributed by atoms with Crippen molar-refractivity contribution in [2.45, 2.75) is 46.0 Å². The molecule has 0 amide bonds. The van der Waals surface area contributed by atoms with Crippen LogP contribution in [0.1, 0.15) is 51.5 Å². The molecule has 1 rings (SSSR count). The number of anilines is 1. The van der Waals surface area contributed by atoms with Gasteiger partial charge in [0.15, 0.2) is 0 Å². The molecule has 0 aromatic carbocycles. The van der Waals surface area contributed by atoms with E-state index in [2.05, 4.69) is 24.1 Å². The smallest absolute Gasteiger partial charge is 0.328 e. The summed E-state index contributed by atoms with van der Waals surface area (Å²) in [6.45, 7) is 5.06. The van der Waals surface area contributed by atoms with Gasteiger partial charge in [-0.05, 0) is 18.4 Å². The Morgan fingerprint density at radius 1 is 1.38 bits per heavy atom. The lowest BCUT2D eigenvalue weighted by Crippen LogP contribution is -2.07. The first kappa shape index (κ1) is 16.9. The minimum atomic E-state index is -0.559. The highest BCUT2D eigenvalue weighted by atomic mass is 16.6. The van der Waals surface area contributed by atoms with Crippen LogP contribution in [0, 0.1) is 27.4 Å². The fourth-order valence-electron chi connectivity index (χ4n) is 2.10. The summed E-state index contributed by atoms with van der Waals surface area (Å²) in [5.74, 6) is 0.921. The molecule has 1 aromatic heterocycles. The molecule has 0 fully saturated rings. The first-order valence-corrected chi connectivity index (χ1v) is 7.33. The Labute approximate surface area is 125 Å². The third kappa shape index (κ3) is 5.78. The Morgan fingerprint density at radius 2 is 2.10 bits per heavy atom. The predicted molar refractivity (Wildman–Crippen MR) is 82.0 cm³/mol. The molecule has 0 saturated heterocycles. The van der Waals surface area contributed by atoms with Gasteiger partial charge in [-0.1, -0.05) is 39.5 Å². The van der Waals surface area contributed by atoms with E-state index in [4.69, 9.17) is 5.26 Å². The molecule has 0 aliphatic carbocycles. The molecule has 1 N–H and O–H groups in total. The summed E-state index contributed by atoms with van der Waals surface area (Å²) in [4.78, 5) is 14.4. The topological polar surface area (TPSA) is 91.8 Å². The van der Waals surface area contributed by atoms with Crippen molar-refractivity contribution in [3.63, 3.8) is 0 Å². The number of nitro groups is 1. The standard InChI is InChI=1S/C15H22N4O2/c1-12(2)7-5-3-4-6-9-17-15-14(19(20)21)13(11-16)8-10-18-15/h8,10,12H,3-7,9H2,1-2H3,(H,17,18). The molecule has 0 spiro atoms. The second kappa shape index (κ2) is 8.90. The zero-order valence-corrected chi connectivity index (χ0v) is 12.6. The first-order chi connectivity index (χ1) is 10.1. The van der Waals surface area contributed by atoms with Crippen LogP contribution in [0.25, 0.3) is 0 Å². The van der Waals surface area contributed by atoms with Crippen molar-refractivity contribution in [2.24, 2.45) is 5.92 Å². The highest BCUT2D eigenvalue weighted by Gasteiger charge is 2.20. The van der Waals surface area contributed by atoms with E-state index in [1.807, 2.05) is 6.07 Å². The van der Waals surface area contributed by atoms with Crippen LogP contribution in [0.5, 0.6) is 0 Å². The number of hydrogen-bond acceptors (Lipinski definition) is 5. The summed E-state index contributed by atoms with van der Waals surface area (Å²) in [7, 11) is 0. The molecular weight excluding hydrogens is 268 g/mol. The number of hydrogen-bond donors (Lipinski definition) is 1. The summed E-state index contributed by atoms with van der Waals surface area (Å²) in [6.07, 6.45) is 7.08. The van der Waals surface area contributed by atoms with Gasteiger partial charge in [0.25, 0.3) is 0 Å². The van der Waals surface area contributed by atoms with Crippen LogP contribution in [-0.2, 0) is 0 Å². The summed E-state index contributed by atoms with van der Waals surface area (Å²) >= 11 is 0. The fourth-order valence-corrected chi connectivity index (χ4v) is 2.10. The average molecular weight is 290 g/mol. The SMILES string of the molecule is CC(C)CCCCCCNc1nccc(C#N)c1[N+](=O)[O-]. The number of nitrogens with zero attached hydrogens (tertiary/aromatic N) is 3. The Hall–Kier alpha value is -2.16. The molecule has 0 unspecified atom stereocenters. The van der Waals surface area contributed by atoms with Gasteiger partial charge < -0.3 is 5.32 Å². The predicted octanol–water partition coefficient (Wildman–Crippen LogP) is 3.88. The lowest BCUT2D eigenvalue weighted by molar-refractivity contribution is -0.384. The summed E-state index contributed by atoms with van der Waals surface area (Å²) in [5, 5.41) is 22.9. The van der Waals surface area contributed by atoms with Crippen molar-refractivity contribution in [3.05, 3.63) is 27.9 Å². The third-order valence-electron chi connectivity index (χ3n) is 3.23. The van der Waals surface area contributed by atoms with Gasteiger partial charge in [0.2, 0.25) is 5.82 Å². The molecule has 6 heteroatoms. The molecule has 6 nitrogen and oxygen atoms in total. The van der Waals surface area contributed by atoms with Crippen molar-refractivity contribution in [1.82, 2.24) is 4.98 Å². The minimum absolute atomic E-state index is 0.0365. The van der Waals surface area contributed by atoms with Gasteiger partial charge in [0.1, 0.15) is 11.6 Å². The van der Waals surface area contributed by atoms with Crippen molar-refractivity contribution < 1.29 is 4.92 Å². The Morgan fingerprint density at radius 3 is 2.71 bits per heavy atom. The minimum Gasteiger partial charge on any atom is -0.364 e. The molecule has 0 atom stereocenters. The maximum atomic E-state index is 11.0. The summed E-state index contributed by atoms with van der Waals surface area (Å²) in [5.41, 5.74) is -0.200. The third-order valence-corrected chi connectivity index (χ3v) is 3.23. The lowest BCUT2D eigenvalue weighted by atomic mass is 10.0. The number of nitriles is 1. The molecule has 0 radical (unpaired) electrons. The van der Waals surface area contributed by atoms with Crippen LogP contribution < -0.4 is 5.32 Å². The Bertz CT molecular complexity index is 509. The van der Waals surface area contributed by atoms with Crippen molar-refractivity contribution in [1.29, 1.82) is 5.26 Å². The summed E-state index contributed by atoms with van der Waals surface area (Å²) in [6, 6.07) is 3.18. The van der Waals surface area contributed by atoms with Gasteiger partial charge >= 0.3 is 5.69 Å². The highest BCUT2D eigenvalue weighted by molar-refractivity contribution is 5.63. The normalized spacial score (nSPS) is 10.4. The number of unbranched alkanes of at least 4 members (excludes halogenated alkanes) is 3. The van der Waals surface area contributed by atoms with Crippen LogP contribution in [0.15, 0.2) is 12.3 Å². The van der Waals surface area contributed by atoms with E-state index in [1.165, 1.54) is 31.5 Å². The molecular formula is C15H22N4O2. The maximum absolute atomic E-state index is 11.0. The second-order valence-corrected chi connectivity index (χ2v) is 5.45. The van der Waals surface area contributed by atoms with Crippen LogP contribution in [0.4, 0.5) is 11.5 Å². The van der Waals surface area contributed by atoms with Gasteiger partial charge in [0, 0.05) is 12.7 Å². The van der Waals surface area contributed by atoms with Crippen LogP contribution in [0.2, 0.25) is 0 Å². The van der Waals surface area contributed by atoms with Crippen molar-refractivity contribution in [3.8, 4) is 6.07 Å². The summed E-state index contributed by atoms with van der Waals surface area (Å²) < 4.78 is 0. The van der Waals surface area contributed by atoms with Gasteiger partial charge in [-0.2, -0.15) is 5.26 Å². The average Bonchev–Trinajstić information content (AvgIpc) is 2.45. The van der Waals surface area contributed by atoms with Crippen LogP contribution in [-0.4, -0.2) is 16.5 Å². The van der Waals surface area contributed by atoms with E-state index in [9.17, 15) is 10.1 Å². The van der Waals surface area contributed by atoms with E-state index in [-0.39, 0.29) is 17.1 Å². The zero-order valence-electron chi connectivity index (χ0n) is 12.6. The number of aromatic nitrogens is 1. The van der Waals surface area contributed by atoms with Gasteiger partial charge in [-0.15, -0.1) is 0 Å². The molecule has 0 saturated carbocycles. The first-order valence-electron chi connectivity index (χ1n) is 7.33. The highest BCUT2D eigenvalue weighted by Crippen LogP contribution is 2.25. The molecule has 0 aliphatic heterocycles. The maximum Gasteiger partial charge on any atom is 0.328 e. The van der Waals surface area contributed by atoms with E-state index in [1.54, 1.807) is 0 Å². The quantitative estimate of drug-likeness (QED) is 0.423. The molecule has 1 heterocycles. The molecule has 1 aromatic rings. The zero-order chi connectivity index (χ0) is 15.7. The second-order valence-electron chi connectivity index (χ2n) is 5.45. The van der Waals surface area contributed by atoms with Gasteiger partial charge in [-0.25, -0.2) is 4.98 Å². The van der Waals surface area contributed by atoms with Gasteiger partial charge in [-0.3, -0.25) is 10.1 Å². The van der Waals surface area contributed by atoms with E-state index >= 15 is 0 Å². The number of pyridine rings is 1. The largest absolute Gasteiger partial charge is 0.364 e. The molecule has 0 aliphatic rings. The monoisotopic (exact) mass is 290 g/mol. The number of rotatable bonds is 9. The Balaban J connectivity index is 2.42.